The molecule has 0 aliphatic rings. The van der Waals surface area contributed by atoms with Gasteiger partial charge in [-0.15, -0.1) is 0 Å². The first-order valence-electron chi connectivity index (χ1n) is 7.85. The number of anilines is 1. The summed E-state index contributed by atoms with van der Waals surface area (Å²) < 4.78 is 0. The van der Waals surface area contributed by atoms with E-state index in [4.69, 9.17) is 0 Å². The standard InChI is InChI=1S/C20H22N2O2/c1-15(18-7-5-4-6-8-18)22(3)20(24)14-11-17-9-12-19(13-10-17)21-16(2)23/h4-15H,1-3H3,(H,21,23)/b14-11+. The molecule has 0 saturated heterocycles. The number of likely N-dealkylation sites (N-methyl/N-ethyl adjacent to an activating group) is 1. The van der Waals surface area contributed by atoms with Crippen molar-refractivity contribution in [1.82, 2.24) is 4.90 Å². The zero-order chi connectivity index (χ0) is 17.5. The molecule has 0 bridgehead atoms. The SMILES string of the molecule is CC(=O)Nc1ccc(/C=C/C(=O)N(C)C(C)c2ccccc2)cc1. The zero-order valence-electron chi connectivity index (χ0n) is 14.2. The van der Waals surface area contributed by atoms with Crippen LogP contribution in [0.4, 0.5) is 5.69 Å². The van der Waals surface area contributed by atoms with Crippen LogP contribution in [-0.2, 0) is 9.59 Å². The van der Waals surface area contributed by atoms with Gasteiger partial charge in [0.05, 0.1) is 6.04 Å². The van der Waals surface area contributed by atoms with E-state index < -0.39 is 0 Å². The number of amides is 2. The molecule has 1 atom stereocenters. The number of benzene rings is 2. The van der Waals surface area contributed by atoms with Crippen molar-refractivity contribution in [2.24, 2.45) is 0 Å². The van der Waals surface area contributed by atoms with Crippen LogP contribution in [0.2, 0.25) is 0 Å². The molecule has 0 heterocycles. The molecule has 0 fully saturated rings. The first-order chi connectivity index (χ1) is 11.5. The van der Waals surface area contributed by atoms with Crippen LogP contribution < -0.4 is 5.32 Å². The van der Waals surface area contributed by atoms with Gasteiger partial charge in [-0.1, -0.05) is 42.5 Å². The minimum Gasteiger partial charge on any atom is -0.335 e. The van der Waals surface area contributed by atoms with Crippen molar-refractivity contribution in [3.63, 3.8) is 0 Å². The molecule has 0 aliphatic carbocycles. The molecule has 2 aromatic rings. The Bertz CT molecular complexity index is 721. The number of carbonyl (C=O) groups excluding carboxylic acids is 2. The Balaban J connectivity index is 2.00. The lowest BCUT2D eigenvalue weighted by atomic mass is 10.1. The molecule has 1 N–H and O–H groups in total. The van der Waals surface area contributed by atoms with Gasteiger partial charge >= 0.3 is 0 Å². The van der Waals surface area contributed by atoms with Crippen LogP contribution in [0, 0.1) is 0 Å². The first kappa shape index (κ1) is 17.5. The molecule has 4 nitrogen and oxygen atoms in total. The van der Waals surface area contributed by atoms with Crippen molar-refractivity contribution in [2.75, 3.05) is 12.4 Å². The van der Waals surface area contributed by atoms with Gasteiger partial charge in [-0.2, -0.15) is 0 Å². The van der Waals surface area contributed by atoms with E-state index in [0.717, 1.165) is 16.8 Å². The summed E-state index contributed by atoms with van der Waals surface area (Å²) in [5.41, 5.74) is 2.74. The Morgan fingerprint density at radius 1 is 1.04 bits per heavy atom. The number of nitrogens with one attached hydrogen (secondary N) is 1. The third-order valence-electron chi connectivity index (χ3n) is 3.86. The van der Waals surface area contributed by atoms with E-state index in [0.29, 0.717) is 0 Å². The van der Waals surface area contributed by atoms with Gasteiger partial charge in [0.2, 0.25) is 11.8 Å². The molecule has 0 aromatic heterocycles. The van der Waals surface area contributed by atoms with E-state index in [1.165, 1.54) is 6.92 Å². The molecule has 1 unspecified atom stereocenters. The van der Waals surface area contributed by atoms with E-state index in [2.05, 4.69) is 5.32 Å². The van der Waals surface area contributed by atoms with E-state index in [-0.39, 0.29) is 17.9 Å². The highest BCUT2D eigenvalue weighted by atomic mass is 16.2. The fourth-order valence-corrected chi connectivity index (χ4v) is 2.31. The van der Waals surface area contributed by atoms with Gasteiger partial charge in [-0.3, -0.25) is 9.59 Å². The van der Waals surface area contributed by atoms with Crippen LogP contribution in [0.3, 0.4) is 0 Å². The normalized spacial score (nSPS) is 12.0. The maximum Gasteiger partial charge on any atom is 0.246 e. The average molecular weight is 322 g/mol. The van der Waals surface area contributed by atoms with Crippen molar-refractivity contribution < 1.29 is 9.59 Å². The third-order valence-corrected chi connectivity index (χ3v) is 3.86. The van der Waals surface area contributed by atoms with E-state index in [1.54, 1.807) is 24.1 Å². The fourth-order valence-electron chi connectivity index (χ4n) is 2.31. The monoisotopic (exact) mass is 322 g/mol. The van der Waals surface area contributed by atoms with E-state index >= 15 is 0 Å². The second kappa shape index (κ2) is 8.11. The quantitative estimate of drug-likeness (QED) is 0.849. The second-order valence-corrected chi connectivity index (χ2v) is 5.67. The Hall–Kier alpha value is -2.88. The van der Waals surface area contributed by atoms with E-state index in [1.807, 2.05) is 61.5 Å². The molecule has 0 saturated carbocycles. The Kier molecular flexibility index (Phi) is 5.90. The first-order valence-corrected chi connectivity index (χ1v) is 7.85. The van der Waals surface area contributed by atoms with Gasteiger partial charge in [-0.05, 0) is 36.3 Å². The molecule has 2 aromatic carbocycles. The highest BCUT2D eigenvalue weighted by Gasteiger charge is 2.14. The van der Waals surface area contributed by atoms with Crippen LogP contribution >= 0.6 is 0 Å². The average Bonchev–Trinajstić information content (AvgIpc) is 2.60. The number of hydrogen-bond acceptors (Lipinski definition) is 2. The van der Waals surface area contributed by atoms with Gasteiger partial charge in [0.25, 0.3) is 0 Å². The summed E-state index contributed by atoms with van der Waals surface area (Å²) in [7, 11) is 1.80. The molecule has 4 heteroatoms. The van der Waals surface area contributed by atoms with Crippen molar-refractivity contribution in [3.8, 4) is 0 Å². The highest BCUT2D eigenvalue weighted by Crippen LogP contribution is 2.18. The van der Waals surface area contributed by atoms with Crippen LogP contribution in [0.15, 0.2) is 60.7 Å². The molecule has 24 heavy (non-hydrogen) atoms. The van der Waals surface area contributed by atoms with Gasteiger partial charge in [0, 0.05) is 25.7 Å². The summed E-state index contributed by atoms with van der Waals surface area (Å²) in [4.78, 5) is 25.0. The predicted octanol–water partition coefficient (Wildman–Crippen LogP) is 3.88. The molecule has 0 spiro atoms. The predicted molar refractivity (Wildman–Crippen MR) is 97.4 cm³/mol. The topological polar surface area (TPSA) is 49.4 Å². The van der Waals surface area contributed by atoms with Gasteiger partial charge in [0.15, 0.2) is 0 Å². The lowest BCUT2D eigenvalue weighted by Crippen LogP contribution is -2.27. The molecule has 2 amide bonds. The molecular formula is C20H22N2O2. The van der Waals surface area contributed by atoms with Gasteiger partial charge in [0.1, 0.15) is 0 Å². The van der Waals surface area contributed by atoms with Crippen molar-refractivity contribution >= 4 is 23.6 Å². The molecule has 0 aliphatic heterocycles. The number of rotatable bonds is 5. The molecule has 2 rings (SSSR count). The van der Waals surface area contributed by atoms with Crippen LogP contribution in [0.1, 0.15) is 31.0 Å². The van der Waals surface area contributed by atoms with Crippen LogP contribution in [0.25, 0.3) is 6.08 Å². The lowest BCUT2D eigenvalue weighted by Gasteiger charge is -2.24. The summed E-state index contributed by atoms with van der Waals surface area (Å²) in [5, 5.41) is 2.71. The fraction of sp³-hybridized carbons (Fsp3) is 0.200. The number of carbonyl (C=O) groups is 2. The third kappa shape index (κ3) is 4.81. The summed E-state index contributed by atoms with van der Waals surface area (Å²) in [6.07, 6.45) is 3.33. The number of nitrogens with zero attached hydrogens (tertiary/aromatic N) is 1. The smallest absolute Gasteiger partial charge is 0.246 e. The minimum absolute atomic E-state index is 0.00509. The summed E-state index contributed by atoms with van der Waals surface area (Å²) >= 11 is 0. The molecule has 0 radical (unpaired) electrons. The van der Waals surface area contributed by atoms with Crippen molar-refractivity contribution in [3.05, 3.63) is 71.8 Å². The van der Waals surface area contributed by atoms with Crippen LogP contribution in [0.5, 0.6) is 0 Å². The van der Waals surface area contributed by atoms with Crippen LogP contribution in [-0.4, -0.2) is 23.8 Å². The Morgan fingerprint density at radius 2 is 1.67 bits per heavy atom. The van der Waals surface area contributed by atoms with Crippen molar-refractivity contribution in [2.45, 2.75) is 19.9 Å². The Labute approximate surface area is 142 Å². The Morgan fingerprint density at radius 3 is 2.25 bits per heavy atom. The number of hydrogen-bond donors (Lipinski definition) is 1. The minimum atomic E-state index is -0.106. The summed E-state index contributed by atoms with van der Waals surface area (Å²) in [6.45, 7) is 3.47. The lowest BCUT2D eigenvalue weighted by molar-refractivity contribution is -0.126. The zero-order valence-corrected chi connectivity index (χ0v) is 14.2. The highest BCUT2D eigenvalue weighted by molar-refractivity contribution is 5.92. The summed E-state index contributed by atoms with van der Waals surface area (Å²) in [6, 6.07) is 17.3. The van der Waals surface area contributed by atoms with Crippen molar-refractivity contribution in [1.29, 1.82) is 0 Å². The second-order valence-electron chi connectivity index (χ2n) is 5.67. The van der Waals surface area contributed by atoms with E-state index in [9.17, 15) is 9.59 Å². The molecule has 124 valence electrons. The van der Waals surface area contributed by atoms with Gasteiger partial charge < -0.3 is 10.2 Å². The summed E-state index contributed by atoms with van der Waals surface area (Å²) in [5.74, 6) is -0.165. The molecular weight excluding hydrogens is 300 g/mol. The van der Waals surface area contributed by atoms with Gasteiger partial charge in [-0.25, -0.2) is 0 Å². The maximum atomic E-state index is 12.3. The maximum absolute atomic E-state index is 12.3. The largest absolute Gasteiger partial charge is 0.335 e.